The van der Waals surface area contributed by atoms with Crippen LogP contribution in [0, 0.1) is 28.6 Å². The van der Waals surface area contributed by atoms with Crippen LogP contribution in [0.25, 0.3) is 0 Å². The number of primary amides is 2. The Morgan fingerprint density at radius 1 is 1.03 bits per heavy atom. The van der Waals surface area contributed by atoms with E-state index in [9.17, 15) is 9.59 Å². The van der Waals surface area contributed by atoms with Crippen LogP contribution >= 0.6 is 0 Å². The van der Waals surface area contributed by atoms with Gasteiger partial charge in [-0.2, -0.15) is 10.2 Å². The molecule has 0 aromatic rings. The van der Waals surface area contributed by atoms with Gasteiger partial charge >= 0.3 is 12.1 Å². The van der Waals surface area contributed by atoms with E-state index in [4.69, 9.17) is 20.9 Å². The molecule has 36 heavy (non-hydrogen) atoms. The van der Waals surface area contributed by atoms with Gasteiger partial charge in [-0.1, -0.05) is 19.4 Å². The van der Waals surface area contributed by atoms with E-state index in [-0.39, 0.29) is 16.9 Å². The molecule has 5 aliphatic rings. The third-order valence-corrected chi connectivity index (χ3v) is 10.2. The maximum absolute atomic E-state index is 11.4. The second kappa shape index (κ2) is 8.28. The minimum Gasteiger partial charge on any atom is -0.350 e. The fourth-order valence-corrected chi connectivity index (χ4v) is 8.78. The molecule has 0 bridgehead atoms. The Labute approximate surface area is 212 Å². The highest BCUT2D eigenvalue weighted by Gasteiger charge is 2.74. The number of hydrogen-bond acceptors (Lipinski definition) is 6. The monoisotopic (exact) mass is 500 g/mol. The predicted octanol–water partition coefficient (Wildman–Crippen LogP) is 3.52. The number of hydrogen-bond donors (Lipinski definition) is 4. The van der Waals surface area contributed by atoms with Crippen LogP contribution in [0.5, 0.6) is 0 Å². The minimum atomic E-state index is -0.731. The van der Waals surface area contributed by atoms with Gasteiger partial charge in [0.05, 0.1) is 17.5 Å². The first-order valence-electron chi connectivity index (χ1n) is 13.1. The van der Waals surface area contributed by atoms with E-state index in [1.165, 1.54) is 5.57 Å². The molecule has 1 heterocycles. The molecule has 10 heteroatoms. The largest absolute Gasteiger partial charge is 0.350 e. The molecule has 1 saturated heterocycles. The molecule has 0 spiro atoms. The van der Waals surface area contributed by atoms with E-state index in [0.717, 1.165) is 56.4 Å². The summed E-state index contributed by atoms with van der Waals surface area (Å²) < 4.78 is 13.3. The summed E-state index contributed by atoms with van der Waals surface area (Å²) in [6.07, 6.45) is 9.01. The van der Waals surface area contributed by atoms with Crippen LogP contribution < -0.4 is 22.3 Å². The minimum absolute atomic E-state index is 0.110. The van der Waals surface area contributed by atoms with Crippen molar-refractivity contribution in [2.75, 3.05) is 0 Å². The zero-order valence-electron chi connectivity index (χ0n) is 22.0. The van der Waals surface area contributed by atoms with Gasteiger partial charge in [0.2, 0.25) is 0 Å². The third-order valence-electron chi connectivity index (χ3n) is 10.2. The normalized spacial score (nSPS) is 44.1. The molecule has 5 rings (SSSR count). The van der Waals surface area contributed by atoms with Gasteiger partial charge in [0, 0.05) is 5.41 Å². The van der Waals surface area contributed by atoms with Crippen molar-refractivity contribution >= 4 is 23.5 Å². The number of amides is 4. The average molecular weight is 501 g/mol. The Balaban J connectivity index is 1.47. The molecule has 6 N–H and O–H groups in total. The number of ether oxygens (including phenoxy) is 2. The highest BCUT2D eigenvalue weighted by molar-refractivity contribution is 5.97. The van der Waals surface area contributed by atoms with E-state index in [1.54, 1.807) is 0 Å². The Kier molecular flexibility index (Phi) is 5.79. The van der Waals surface area contributed by atoms with E-state index in [2.05, 4.69) is 41.0 Å². The predicted molar refractivity (Wildman–Crippen MR) is 136 cm³/mol. The molecule has 0 aromatic carbocycles. The lowest BCUT2D eigenvalue weighted by atomic mass is 9.46. The van der Waals surface area contributed by atoms with Crippen molar-refractivity contribution in [3.8, 4) is 0 Å². The number of hydrazone groups is 2. The molecule has 7 atom stereocenters. The van der Waals surface area contributed by atoms with Crippen molar-refractivity contribution in [2.24, 2.45) is 50.3 Å². The number of carbonyl (C=O) groups is 2. The summed E-state index contributed by atoms with van der Waals surface area (Å²) in [5, 5.41) is 8.60. The average Bonchev–Trinajstić information content (AvgIpc) is 3.21. The summed E-state index contributed by atoms with van der Waals surface area (Å²) in [6.45, 7) is 10.6. The summed E-state index contributed by atoms with van der Waals surface area (Å²) in [4.78, 5) is 22.6. The van der Waals surface area contributed by atoms with Crippen molar-refractivity contribution in [1.29, 1.82) is 0 Å². The van der Waals surface area contributed by atoms with Gasteiger partial charge in [-0.05, 0) is 95.0 Å². The molecular weight excluding hydrogens is 460 g/mol. The Bertz CT molecular complexity index is 1070. The van der Waals surface area contributed by atoms with Gasteiger partial charge in [0.15, 0.2) is 5.79 Å². The number of urea groups is 2. The first kappa shape index (κ1) is 25.2. The molecule has 0 unspecified atom stereocenters. The van der Waals surface area contributed by atoms with Gasteiger partial charge in [0.25, 0.3) is 0 Å². The van der Waals surface area contributed by atoms with E-state index in [0.29, 0.717) is 17.8 Å². The molecule has 4 fully saturated rings. The van der Waals surface area contributed by atoms with Crippen molar-refractivity contribution in [1.82, 2.24) is 10.9 Å². The number of nitrogens with zero attached hydrogens (tertiary/aromatic N) is 2. The number of nitrogens with two attached hydrogens (primary N) is 2. The van der Waals surface area contributed by atoms with Gasteiger partial charge in [-0.25, -0.2) is 20.4 Å². The number of fused-ring (bicyclic) bond motifs is 7. The molecule has 3 saturated carbocycles. The molecule has 4 amide bonds. The topological polar surface area (TPSA) is 153 Å². The van der Waals surface area contributed by atoms with E-state index >= 15 is 0 Å². The van der Waals surface area contributed by atoms with Crippen LogP contribution in [0.4, 0.5) is 9.59 Å². The zero-order chi connectivity index (χ0) is 26.1. The maximum Gasteiger partial charge on any atom is 0.332 e. The van der Waals surface area contributed by atoms with Gasteiger partial charge in [-0.15, -0.1) is 0 Å². The smallest absolute Gasteiger partial charge is 0.332 e. The van der Waals surface area contributed by atoms with Crippen LogP contribution in [0.3, 0.4) is 0 Å². The zero-order valence-corrected chi connectivity index (χ0v) is 22.0. The molecule has 0 radical (unpaired) electrons. The first-order valence-corrected chi connectivity index (χ1v) is 13.1. The highest BCUT2D eigenvalue weighted by atomic mass is 16.8. The first-order chi connectivity index (χ1) is 16.8. The van der Waals surface area contributed by atoms with Gasteiger partial charge in [-0.3, -0.25) is 0 Å². The third kappa shape index (κ3) is 3.59. The molecule has 1 aliphatic heterocycles. The quantitative estimate of drug-likeness (QED) is 0.346. The van der Waals surface area contributed by atoms with Gasteiger partial charge in [0.1, 0.15) is 5.60 Å². The van der Waals surface area contributed by atoms with Crippen LogP contribution in [0.2, 0.25) is 0 Å². The van der Waals surface area contributed by atoms with Crippen LogP contribution in [0.1, 0.15) is 79.6 Å². The van der Waals surface area contributed by atoms with Crippen LogP contribution in [-0.4, -0.2) is 41.0 Å². The Morgan fingerprint density at radius 3 is 2.44 bits per heavy atom. The number of rotatable bonds is 3. The van der Waals surface area contributed by atoms with E-state index < -0.39 is 23.5 Å². The summed E-state index contributed by atoms with van der Waals surface area (Å²) in [5.41, 5.74) is 17.6. The van der Waals surface area contributed by atoms with E-state index in [1.807, 2.05) is 20.8 Å². The maximum atomic E-state index is 11.4. The number of nitrogens with one attached hydrogen (secondary N) is 2. The number of allylic oxidation sites excluding steroid dienone is 2. The molecule has 0 aromatic heterocycles. The van der Waals surface area contributed by atoms with Crippen molar-refractivity contribution in [3.63, 3.8) is 0 Å². The van der Waals surface area contributed by atoms with Gasteiger partial charge < -0.3 is 20.9 Å². The summed E-state index contributed by atoms with van der Waals surface area (Å²) >= 11 is 0. The summed E-state index contributed by atoms with van der Waals surface area (Å²) in [6, 6.07) is -1.32. The Hall–Kier alpha value is -2.46. The van der Waals surface area contributed by atoms with Crippen LogP contribution in [0.15, 0.2) is 21.9 Å². The lowest BCUT2D eigenvalue weighted by Crippen LogP contribution is -2.60. The molecule has 198 valence electrons. The highest BCUT2D eigenvalue weighted by Crippen LogP contribution is 2.70. The lowest BCUT2D eigenvalue weighted by molar-refractivity contribution is -0.197. The van der Waals surface area contributed by atoms with Crippen molar-refractivity contribution in [3.05, 3.63) is 11.6 Å². The standard InChI is InChI=1S/C26H40N6O4/c1-14(29-31-21(27)33)26-20(35-23(2,3)36-26)13-19-17-7-6-15-12-16(30-32-22(28)34)8-10-24(15,4)18(17)9-11-25(19,26)5/h12,17-20H,6-11,13H2,1-5H3,(H3,27,31,33)(H3,28,32,34)/b29-14-,30-16+/t17-,18+,19+,20-,24+,25+,26-/m1/s1. The summed E-state index contributed by atoms with van der Waals surface area (Å²) in [7, 11) is 0. The molecule has 4 aliphatic carbocycles. The molecule has 10 nitrogen and oxygen atoms in total. The second-order valence-corrected chi connectivity index (χ2v) is 12.3. The fourth-order valence-electron chi connectivity index (χ4n) is 8.78. The summed E-state index contributed by atoms with van der Waals surface area (Å²) in [5.74, 6) is 0.792. The fraction of sp³-hybridized carbons (Fsp3) is 0.769. The number of carbonyl (C=O) groups excluding carboxylic acids is 2. The lowest BCUT2D eigenvalue weighted by Gasteiger charge is -2.59. The molecular formula is C26H40N6O4. The second-order valence-electron chi connectivity index (χ2n) is 12.3. The van der Waals surface area contributed by atoms with Crippen LogP contribution in [-0.2, 0) is 9.47 Å². The van der Waals surface area contributed by atoms with Crippen molar-refractivity contribution < 1.29 is 19.1 Å². The SMILES string of the molecule is C/C(=N/NC(N)=O)[C@@]12OC(C)(C)O[C@@H]1C[C@H]1[C@@H]3CCC4=C/C(=N/NC(N)=O)CC[C@]4(C)[C@H]3CC[C@@]12C. The Morgan fingerprint density at radius 2 is 1.75 bits per heavy atom. The van der Waals surface area contributed by atoms with Crippen molar-refractivity contribution in [2.45, 2.75) is 97.1 Å².